The van der Waals surface area contributed by atoms with Crippen LogP contribution in [0.25, 0.3) is 6.08 Å². The molecule has 1 saturated heterocycles. The van der Waals surface area contributed by atoms with Gasteiger partial charge in [-0.1, -0.05) is 54.1 Å². The van der Waals surface area contributed by atoms with Gasteiger partial charge in [0, 0.05) is 19.2 Å². The molecule has 2 amide bonds. The lowest BCUT2D eigenvalue weighted by Gasteiger charge is -2.16. The maximum absolute atomic E-state index is 12.7. The van der Waals surface area contributed by atoms with Crippen molar-refractivity contribution in [3.8, 4) is 0 Å². The summed E-state index contributed by atoms with van der Waals surface area (Å²) < 4.78 is 25.5. The number of benzene rings is 3. The Morgan fingerprint density at radius 2 is 1.69 bits per heavy atom. The third-order valence-electron chi connectivity index (χ3n) is 5.71. The van der Waals surface area contributed by atoms with Crippen molar-refractivity contribution < 1.29 is 18.0 Å². The first kappa shape index (κ1) is 24.2. The zero-order valence-electron chi connectivity index (χ0n) is 19.4. The molecule has 2 N–H and O–H groups in total. The van der Waals surface area contributed by atoms with Gasteiger partial charge in [0.25, 0.3) is 5.91 Å². The van der Waals surface area contributed by atoms with Gasteiger partial charge in [-0.15, -0.1) is 0 Å². The molecule has 1 heterocycles. The highest BCUT2D eigenvalue weighted by Crippen LogP contribution is 2.24. The van der Waals surface area contributed by atoms with E-state index in [0.29, 0.717) is 36.4 Å². The van der Waals surface area contributed by atoms with Gasteiger partial charge in [0.1, 0.15) is 0 Å². The predicted octanol–water partition coefficient (Wildman–Crippen LogP) is 4.12. The molecule has 0 aromatic heterocycles. The van der Waals surface area contributed by atoms with Crippen LogP contribution in [0.4, 0.5) is 11.4 Å². The van der Waals surface area contributed by atoms with Gasteiger partial charge in [0.05, 0.1) is 22.7 Å². The van der Waals surface area contributed by atoms with Crippen LogP contribution >= 0.6 is 0 Å². The largest absolute Gasteiger partial charge is 0.348 e. The standard InChI is InChI=1S/C27H27N3O4S/c1-20-7-9-22(10-8-20)19-28-27(32)24-5-2-3-6-25(24)29-26(31)16-13-21-11-14-23(15-12-21)30-17-4-18-35(30,33)34/h2-3,5-16H,4,17-19H2,1H3,(H,28,32)(H,29,31)/b16-13+. The molecular weight excluding hydrogens is 462 g/mol. The van der Waals surface area contributed by atoms with Crippen LogP contribution in [-0.2, 0) is 21.4 Å². The Labute approximate surface area is 205 Å². The fourth-order valence-corrected chi connectivity index (χ4v) is 5.37. The molecule has 1 aliphatic heterocycles. The van der Waals surface area contributed by atoms with Crippen LogP contribution in [0, 0.1) is 6.92 Å². The third-order valence-corrected chi connectivity index (χ3v) is 7.58. The second-order valence-corrected chi connectivity index (χ2v) is 10.4. The van der Waals surface area contributed by atoms with E-state index >= 15 is 0 Å². The summed E-state index contributed by atoms with van der Waals surface area (Å²) in [5, 5.41) is 5.65. The van der Waals surface area contributed by atoms with E-state index in [1.54, 1.807) is 54.6 Å². The topological polar surface area (TPSA) is 95.6 Å². The Morgan fingerprint density at radius 3 is 2.37 bits per heavy atom. The molecule has 180 valence electrons. The average Bonchev–Trinajstić information content (AvgIpc) is 3.21. The van der Waals surface area contributed by atoms with Gasteiger partial charge < -0.3 is 10.6 Å². The van der Waals surface area contributed by atoms with Crippen molar-refractivity contribution >= 4 is 39.3 Å². The number of carbonyl (C=O) groups is 2. The number of aryl methyl sites for hydroxylation is 1. The molecule has 1 fully saturated rings. The van der Waals surface area contributed by atoms with Gasteiger partial charge in [-0.25, -0.2) is 8.42 Å². The van der Waals surface area contributed by atoms with Crippen LogP contribution in [0.15, 0.2) is 78.9 Å². The number of rotatable bonds is 7. The quantitative estimate of drug-likeness (QED) is 0.488. The number of para-hydroxylation sites is 1. The minimum atomic E-state index is -3.23. The molecule has 7 nitrogen and oxygen atoms in total. The van der Waals surface area contributed by atoms with Gasteiger partial charge in [-0.2, -0.15) is 0 Å². The van der Waals surface area contributed by atoms with Crippen molar-refractivity contribution in [2.24, 2.45) is 0 Å². The molecule has 0 spiro atoms. The highest BCUT2D eigenvalue weighted by Gasteiger charge is 2.28. The number of sulfonamides is 1. The normalized spacial score (nSPS) is 14.7. The Bertz CT molecular complexity index is 1350. The lowest BCUT2D eigenvalue weighted by Crippen LogP contribution is -2.24. The highest BCUT2D eigenvalue weighted by molar-refractivity contribution is 7.93. The molecule has 0 unspecified atom stereocenters. The van der Waals surface area contributed by atoms with E-state index in [-0.39, 0.29) is 17.6 Å². The minimum absolute atomic E-state index is 0.167. The van der Waals surface area contributed by atoms with Crippen LogP contribution in [-0.4, -0.2) is 32.5 Å². The van der Waals surface area contributed by atoms with Crippen molar-refractivity contribution in [1.29, 1.82) is 0 Å². The molecule has 0 radical (unpaired) electrons. The number of nitrogens with zero attached hydrogens (tertiary/aromatic N) is 1. The Balaban J connectivity index is 1.37. The van der Waals surface area contributed by atoms with Crippen molar-refractivity contribution in [3.05, 3.63) is 101 Å². The van der Waals surface area contributed by atoms with Gasteiger partial charge in [0.2, 0.25) is 15.9 Å². The monoisotopic (exact) mass is 489 g/mol. The SMILES string of the molecule is Cc1ccc(CNC(=O)c2ccccc2NC(=O)/C=C/c2ccc(N3CCCS3(=O)=O)cc2)cc1. The van der Waals surface area contributed by atoms with Gasteiger partial charge in [-0.05, 0) is 54.8 Å². The fraction of sp³-hybridized carbons (Fsp3) is 0.185. The molecule has 1 aliphatic rings. The molecule has 3 aromatic rings. The summed E-state index contributed by atoms with van der Waals surface area (Å²) in [7, 11) is -3.23. The van der Waals surface area contributed by atoms with E-state index in [0.717, 1.165) is 16.7 Å². The highest BCUT2D eigenvalue weighted by atomic mass is 32.2. The predicted molar refractivity (Wildman–Crippen MR) is 139 cm³/mol. The van der Waals surface area contributed by atoms with Crippen LogP contribution in [0.5, 0.6) is 0 Å². The lowest BCUT2D eigenvalue weighted by molar-refractivity contribution is -0.111. The Hall–Kier alpha value is -3.91. The van der Waals surface area contributed by atoms with Gasteiger partial charge in [-0.3, -0.25) is 13.9 Å². The molecule has 0 bridgehead atoms. The van der Waals surface area contributed by atoms with Crippen molar-refractivity contribution in [2.75, 3.05) is 21.9 Å². The summed E-state index contributed by atoms with van der Waals surface area (Å²) in [6.07, 6.45) is 3.63. The first-order valence-electron chi connectivity index (χ1n) is 11.3. The van der Waals surface area contributed by atoms with E-state index in [1.165, 1.54) is 10.4 Å². The molecular formula is C27H27N3O4S. The molecule has 4 rings (SSSR count). The Kier molecular flexibility index (Phi) is 7.31. The second kappa shape index (κ2) is 10.6. The number of hydrogen-bond acceptors (Lipinski definition) is 4. The summed E-state index contributed by atoms with van der Waals surface area (Å²) >= 11 is 0. The number of amides is 2. The van der Waals surface area contributed by atoms with E-state index < -0.39 is 10.0 Å². The van der Waals surface area contributed by atoms with E-state index in [1.807, 2.05) is 31.2 Å². The van der Waals surface area contributed by atoms with Crippen LogP contribution in [0.3, 0.4) is 0 Å². The summed E-state index contributed by atoms with van der Waals surface area (Å²) in [5.74, 6) is -0.492. The molecule has 8 heteroatoms. The Morgan fingerprint density at radius 1 is 0.971 bits per heavy atom. The number of hydrogen-bond donors (Lipinski definition) is 2. The smallest absolute Gasteiger partial charge is 0.253 e. The molecule has 3 aromatic carbocycles. The van der Waals surface area contributed by atoms with Crippen molar-refractivity contribution in [3.63, 3.8) is 0 Å². The van der Waals surface area contributed by atoms with Crippen LogP contribution in [0.1, 0.15) is 33.5 Å². The van der Waals surface area contributed by atoms with E-state index in [4.69, 9.17) is 0 Å². The number of anilines is 2. The van der Waals surface area contributed by atoms with Crippen LogP contribution in [0.2, 0.25) is 0 Å². The summed E-state index contributed by atoms with van der Waals surface area (Å²) in [4.78, 5) is 25.2. The maximum Gasteiger partial charge on any atom is 0.253 e. The molecule has 0 aliphatic carbocycles. The van der Waals surface area contributed by atoms with Gasteiger partial charge in [0.15, 0.2) is 0 Å². The third kappa shape index (κ3) is 6.16. The van der Waals surface area contributed by atoms with Crippen molar-refractivity contribution in [1.82, 2.24) is 5.32 Å². The van der Waals surface area contributed by atoms with E-state index in [9.17, 15) is 18.0 Å². The number of carbonyl (C=O) groups excluding carboxylic acids is 2. The first-order chi connectivity index (χ1) is 16.8. The fourth-order valence-electron chi connectivity index (χ4n) is 3.80. The second-order valence-electron chi connectivity index (χ2n) is 8.37. The minimum Gasteiger partial charge on any atom is -0.348 e. The lowest BCUT2D eigenvalue weighted by atomic mass is 10.1. The van der Waals surface area contributed by atoms with E-state index in [2.05, 4.69) is 10.6 Å². The summed E-state index contributed by atoms with van der Waals surface area (Å²) in [6.45, 7) is 2.87. The van der Waals surface area contributed by atoms with Crippen LogP contribution < -0.4 is 14.9 Å². The summed E-state index contributed by atoms with van der Waals surface area (Å²) in [6, 6.07) is 21.7. The zero-order valence-corrected chi connectivity index (χ0v) is 20.2. The summed E-state index contributed by atoms with van der Waals surface area (Å²) in [5.41, 5.74) is 4.30. The molecule has 0 saturated carbocycles. The average molecular weight is 490 g/mol. The molecule has 0 atom stereocenters. The maximum atomic E-state index is 12.7. The van der Waals surface area contributed by atoms with Crippen molar-refractivity contribution in [2.45, 2.75) is 19.9 Å². The first-order valence-corrected chi connectivity index (χ1v) is 12.9. The number of nitrogens with one attached hydrogen (secondary N) is 2. The molecule has 35 heavy (non-hydrogen) atoms. The van der Waals surface area contributed by atoms with Gasteiger partial charge >= 0.3 is 0 Å². The zero-order chi connectivity index (χ0) is 24.8.